The van der Waals surface area contributed by atoms with Crippen LogP contribution in [0.15, 0.2) is 22.7 Å². The largest absolute Gasteiger partial charge is 0.265 e. The Labute approximate surface area is 89.0 Å². The van der Waals surface area contributed by atoms with Crippen LogP contribution in [0.2, 0.25) is 5.02 Å². The second kappa shape index (κ2) is 4.58. The molecule has 0 saturated heterocycles. The van der Waals surface area contributed by atoms with Crippen molar-refractivity contribution in [3.63, 3.8) is 0 Å². The molecule has 5 heteroatoms. The lowest BCUT2D eigenvalue weighted by Gasteiger charge is -2.00. The number of hydrogen-bond acceptors (Lipinski definition) is 2. The highest BCUT2D eigenvalue weighted by Gasteiger charge is 2.04. The third-order valence-corrected chi connectivity index (χ3v) is 2.42. The van der Waals surface area contributed by atoms with Crippen LogP contribution in [0.3, 0.4) is 0 Å². The predicted octanol–water partition coefficient (Wildman–Crippen LogP) is 2.92. The van der Waals surface area contributed by atoms with Crippen LogP contribution in [0.5, 0.6) is 0 Å². The monoisotopic (exact) mass is 263 g/mol. The van der Waals surface area contributed by atoms with Gasteiger partial charge in [0.1, 0.15) is 0 Å². The van der Waals surface area contributed by atoms with E-state index < -0.39 is 0 Å². The summed E-state index contributed by atoms with van der Waals surface area (Å²) < 4.78 is 0.877. The van der Waals surface area contributed by atoms with E-state index in [-0.39, 0.29) is 11.5 Å². The molecule has 0 N–H and O–H groups in total. The molecule has 0 spiro atoms. The van der Waals surface area contributed by atoms with Crippen molar-refractivity contribution in [3.8, 4) is 0 Å². The van der Waals surface area contributed by atoms with Gasteiger partial charge in [-0.25, -0.2) is 0 Å². The van der Waals surface area contributed by atoms with Crippen LogP contribution in [0, 0.1) is 10.1 Å². The van der Waals surface area contributed by atoms with Crippen LogP contribution in [0.4, 0.5) is 0 Å². The second-order valence-corrected chi connectivity index (χ2v) is 3.86. The van der Waals surface area contributed by atoms with Gasteiger partial charge in [-0.05, 0) is 17.7 Å². The maximum absolute atomic E-state index is 10.1. The van der Waals surface area contributed by atoms with Crippen LogP contribution >= 0.6 is 27.5 Å². The van der Waals surface area contributed by atoms with Gasteiger partial charge in [-0.2, -0.15) is 0 Å². The van der Waals surface area contributed by atoms with E-state index in [0.29, 0.717) is 11.4 Å². The maximum atomic E-state index is 10.1. The fourth-order valence-electron chi connectivity index (χ4n) is 0.936. The van der Waals surface area contributed by atoms with Gasteiger partial charge in [-0.3, -0.25) is 10.1 Å². The maximum Gasteiger partial charge on any atom is 0.207 e. The lowest BCUT2D eigenvalue weighted by Crippen LogP contribution is -2.04. The summed E-state index contributed by atoms with van der Waals surface area (Å²) in [6, 6.07) is 5.34. The zero-order chi connectivity index (χ0) is 9.84. The van der Waals surface area contributed by atoms with Crippen molar-refractivity contribution in [1.82, 2.24) is 0 Å². The van der Waals surface area contributed by atoms with Gasteiger partial charge in [-0.1, -0.05) is 33.6 Å². The van der Waals surface area contributed by atoms with Gasteiger partial charge in [0, 0.05) is 20.8 Å². The Bertz CT molecular complexity index is 330. The normalized spacial score (nSPS) is 10.0. The van der Waals surface area contributed by atoms with E-state index in [1.54, 1.807) is 12.1 Å². The van der Waals surface area contributed by atoms with Crippen molar-refractivity contribution >= 4 is 27.5 Å². The van der Waals surface area contributed by atoms with Crippen molar-refractivity contribution in [2.45, 2.75) is 6.42 Å². The smallest absolute Gasteiger partial charge is 0.207 e. The first-order chi connectivity index (χ1) is 6.09. The molecule has 0 atom stereocenters. The van der Waals surface area contributed by atoms with Crippen molar-refractivity contribution < 1.29 is 4.92 Å². The molecule has 0 heterocycles. The van der Waals surface area contributed by atoms with Crippen molar-refractivity contribution in [2.75, 3.05) is 6.54 Å². The van der Waals surface area contributed by atoms with Gasteiger partial charge in [0.15, 0.2) is 0 Å². The fraction of sp³-hybridized carbons (Fsp3) is 0.250. The molecule has 70 valence electrons. The molecule has 3 nitrogen and oxygen atoms in total. The van der Waals surface area contributed by atoms with E-state index in [1.807, 2.05) is 6.07 Å². The van der Waals surface area contributed by atoms with Gasteiger partial charge >= 0.3 is 0 Å². The minimum atomic E-state index is -0.349. The lowest BCUT2D eigenvalue weighted by atomic mass is 10.1. The summed E-state index contributed by atoms with van der Waals surface area (Å²) in [6.45, 7) is -0.0820. The van der Waals surface area contributed by atoms with E-state index >= 15 is 0 Å². The molecule has 0 amide bonds. The summed E-state index contributed by atoms with van der Waals surface area (Å²) >= 11 is 9.12. The molecule has 0 radical (unpaired) electrons. The van der Waals surface area contributed by atoms with Crippen LogP contribution in [-0.2, 0) is 6.42 Å². The number of halogens is 2. The number of benzene rings is 1. The Balaban J connectivity index is 2.72. The number of nitro groups is 1. The van der Waals surface area contributed by atoms with E-state index in [0.717, 1.165) is 10.0 Å². The minimum absolute atomic E-state index is 0.0820. The average Bonchev–Trinajstić information content (AvgIpc) is 2.02. The number of hydrogen-bond donors (Lipinski definition) is 0. The van der Waals surface area contributed by atoms with Gasteiger partial charge < -0.3 is 0 Å². The summed E-state index contributed by atoms with van der Waals surface area (Å²) in [4.78, 5) is 9.76. The van der Waals surface area contributed by atoms with Gasteiger partial charge in [0.05, 0.1) is 0 Å². The summed E-state index contributed by atoms with van der Waals surface area (Å²) in [5.41, 5.74) is 0.807. The first-order valence-corrected chi connectivity index (χ1v) is 4.82. The van der Waals surface area contributed by atoms with E-state index in [4.69, 9.17) is 11.6 Å². The first-order valence-electron chi connectivity index (χ1n) is 3.65. The Kier molecular flexibility index (Phi) is 3.69. The molecule has 1 rings (SSSR count). The zero-order valence-corrected chi connectivity index (χ0v) is 9.01. The molecule has 13 heavy (non-hydrogen) atoms. The molecule has 0 aliphatic carbocycles. The van der Waals surface area contributed by atoms with E-state index in [9.17, 15) is 10.1 Å². The molecule has 0 saturated carbocycles. The first kappa shape index (κ1) is 10.5. The fourth-order valence-corrected chi connectivity index (χ4v) is 1.70. The Morgan fingerprint density at radius 1 is 1.54 bits per heavy atom. The third-order valence-electron chi connectivity index (χ3n) is 1.58. The highest BCUT2D eigenvalue weighted by atomic mass is 79.9. The molecule has 0 aliphatic rings. The average molecular weight is 265 g/mol. The number of nitrogens with zero attached hydrogens (tertiary/aromatic N) is 1. The molecule has 0 unspecified atom stereocenters. The van der Waals surface area contributed by atoms with Crippen LogP contribution in [-0.4, -0.2) is 11.5 Å². The molecule has 0 fully saturated rings. The lowest BCUT2D eigenvalue weighted by molar-refractivity contribution is -0.479. The summed E-state index contributed by atoms with van der Waals surface area (Å²) in [6.07, 6.45) is 0.374. The van der Waals surface area contributed by atoms with E-state index in [2.05, 4.69) is 15.9 Å². The summed E-state index contributed by atoms with van der Waals surface area (Å²) in [5, 5.41) is 10.7. The molecule has 0 aliphatic heterocycles. The predicted molar refractivity (Wildman–Crippen MR) is 54.7 cm³/mol. The van der Waals surface area contributed by atoms with Gasteiger partial charge in [-0.15, -0.1) is 0 Å². The SMILES string of the molecule is O=[N+]([O-])CCc1ccc(Br)cc1Cl. The topological polar surface area (TPSA) is 43.1 Å². The van der Waals surface area contributed by atoms with Crippen molar-refractivity contribution in [3.05, 3.63) is 43.4 Å². The Hall–Kier alpha value is -0.610. The summed E-state index contributed by atoms with van der Waals surface area (Å²) in [5.74, 6) is 0. The molecule has 1 aromatic carbocycles. The molecular formula is C8H7BrClNO2. The molecule has 0 bridgehead atoms. The standard InChI is InChI=1S/C8H7BrClNO2/c9-7-2-1-6(8(10)5-7)3-4-11(12)13/h1-2,5H,3-4H2. The highest BCUT2D eigenvalue weighted by Crippen LogP contribution is 2.21. The van der Waals surface area contributed by atoms with Crippen molar-refractivity contribution in [2.24, 2.45) is 0 Å². The second-order valence-electron chi connectivity index (χ2n) is 2.54. The van der Waals surface area contributed by atoms with Crippen molar-refractivity contribution in [1.29, 1.82) is 0 Å². The van der Waals surface area contributed by atoms with Crippen LogP contribution in [0.25, 0.3) is 0 Å². The minimum Gasteiger partial charge on any atom is -0.265 e. The summed E-state index contributed by atoms with van der Waals surface area (Å²) in [7, 11) is 0. The van der Waals surface area contributed by atoms with Gasteiger partial charge in [0.2, 0.25) is 6.54 Å². The molecular weight excluding hydrogens is 257 g/mol. The number of rotatable bonds is 3. The molecule has 1 aromatic rings. The Morgan fingerprint density at radius 3 is 2.77 bits per heavy atom. The third kappa shape index (κ3) is 3.32. The highest BCUT2D eigenvalue weighted by molar-refractivity contribution is 9.10. The van der Waals surface area contributed by atoms with Crippen LogP contribution in [0.1, 0.15) is 5.56 Å². The van der Waals surface area contributed by atoms with Crippen LogP contribution < -0.4 is 0 Å². The Morgan fingerprint density at radius 2 is 2.23 bits per heavy atom. The molecule has 0 aromatic heterocycles. The quantitative estimate of drug-likeness (QED) is 0.622. The zero-order valence-electron chi connectivity index (χ0n) is 6.67. The van der Waals surface area contributed by atoms with Gasteiger partial charge in [0.25, 0.3) is 0 Å². The van der Waals surface area contributed by atoms with E-state index in [1.165, 1.54) is 0 Å².